The van der Waals surface area contributed by atoms with Crippen molar-refractivity contribution >= 4 is 5.78 Å². The van der Waals surface area contributed by atoms with E-state index in [-0.39, 0.29) is 17.8 Å². The Morgan fingerprint density at radius 2 is 1.67 bits per heavy atom. The number of ketones is 1. The molecule has 92 valence electrons. The van der Waals surface area contributed by atoms with Gasteiger partial charge in [-0.05, 0) is 12.0 Å². The van der Waals surface area contributed by atoms with Crippen molar-refractivity contribution in [3.8, 4) is 0 Å². The van der Waals surface area contributed by atoms with Crippen LogP contribution in [0.15, 0.2) is 53.6 Å². The molecule has 3 heteroatoms. The van der Waals surface area contributed by atoms with Gasteiger partial charge in [0.25, 0.3) is 0 Å². The third-order valence-corrected chi connectivity index (χ3v) is 2.87. The van der Waals surface area contributed by atoms with Crippen molar-refractivity contribution < 1.29 is 4.79 Å². The third-order valence-electron chi connectivity index (χ3n) is 2.87. The summed E-state index contributed by atoms with van der Waals surface area (Å²) < 4.78 is 1.71. The van der Waals surface area contributed by atoms with Crippen molar-refractivity contribution in [1.82, 2.24) is 4.57 Å². The summed E-state index contributed by atoms with van der Waals surface area (Å²) in [5.74, 6) is 0.0429. The van der Waals surface area contributed by atoms with E-state index in [4.69, 9.17) is 0 Å². The summed E-state index contributed by atoms with van der Waals surface area (Å²) in [5.41, 5.74) is 1.87. The summed E-state index contributed by atoms with van der Waals surface area (Å²) >= 11 is 0. The molecule has 0 saturated heterocycles. The summed E-state index contributed by atoms with van der Waals surface area (Å²) in [6.45, 7) is 2.34. The van der Waals surface area contributed by atoms with E-state index in [1.165, 1.54) is 17.7 Å². The standard InChI is InChI=1S/C15H15NO2/c1-2-12-3-5-13(6-4-12)15(18)11-16-9-7-14(17)8-10-16/h3-10H,2,11H2,1H3. The molecule has 0 saturated carbocycles. The van der Waals surface area contributed by atoms with Gasteiger partial charge in [0.05, 0.1) is 6.54 Å². The Labute approximate surface area is 106 Å². The largest absolute Gasteiger partial charge is 0.346 e. The lowest BCUT2D eigenvalue weighted by atomic mass is 10.1. The first-order chi connectivity index (χ1) is 8.69. The fourth-order valence-corrected chi connectivity index (χ4v) is 1.73. The Balaban J connectivity index is 2.11. The van der Waals surface area contributed by atoms with E-state index in [9.17, 15) is 9.59 Å². The van der Waals surface area contributed by atoms with Gasteiger partial charge >= 0.3 is 0 Å². The van der Waals surface area contributed by atoms with Crippen molar-refractivity contribution in [1.29, 1.82) is 0 Å². The van der Waals surface area contributed by atoms with Gasteiger partial charge in [0, 0.05) is 30.1 Å². The second-order valence-electron chi connectivity index (χ2n) is 4.18. The number of hydrogen-bond acceptors (Lipinski definition) is 2. The van der Waals surface area contributed by atoms with Gasteiger partial charge < -0.3 is 4.57 Å². The Kier molecular flexibility index (Phi) is 3.72. The molecule has 0 radical (unpaired) electrons. The molecular weight excluding hydrogens is 226 g/mol. The van der Waals surface area contributed by atoms with Crippen LogP contribution in [0.3, 0.4) is 0 Å². The minimum absolute atomic E-state index is 0.0429. The van der Waals surface area contributed by atoms with Crippen LogP contribution >= 0.6 is 0 Å². The number of aromatic nitrogens is 1. The molecule has 1 aromatic carbocycles. The van der Waals surface area contributed by atoms with Crippen molar-refractivity contribution in [2.75, 3.05) is 0 Å². The zero-order valence-corrected chi connectivity index (χ0v) is 10.3. The highest BCUT2D eigenvalue weighted by Crippen LogP contribution is 2.06. The number of nitrogens with zero attached hydrogens (tertiary/aromatic N) is 1. The summed E-state index contributed by atoms with van der Waals surface area (Å²) in [4.78, 5) is 22.9. The molecule has 0 fully saturated rings. The number of aryl methyl sites for hydroxylation is 1. The molecule has 1 heterocycles. The molecule has 0 aliphatic carbocycles. The highest BCUT2D eigenvalue weighted by Gasteiger charge is 2.05. The van der Waals surface area contributed by atoms with Gasteiger partial charge in [-0.25, -0.2) is 0 Å². The summed E-state index contributed by atoms with van der Waals surface area (Å²) in [5, 5.41) is 0. The molecule has 0 bridgehead atoms. The van der Waals surface area contributed by atoms with Gasteiger partial charge in [0.15, 0.2) is 11.2 Å². The smallest absolute Gasteiger partial charge is 0.182 e. The van der Waals surface area contributed by atoms with Crippen molar-refractivity contribution in [2.24, 2.45) is 0 Å². The minimum atomic E-state index is -0.0500. The first-order valence-corrected chi connectivity index (χ1v) is 5.97. The number of hydrogen-bond donors (Lipinski definition) is 0. The average molecular weight is 241 g/mol. The minimum Gasteiger partial charge on any atom is -0.346 e. The summed E-state index contributed by atoms with van der Waals surface area (Å²) in [6, 6.07) is 10.5. The van der Waals surface area contributed by atoms with Crippen LogP contribution in [0.4, 0.5) is 0 Å². The second kappa shape index (κ2) is 5.45. The fourth-order valence-electron chi connectivity index (χ4n) is 1.73. The van der Waals surface area contributed by atoms with E-state index in [0.717, 1.165) is 6.42 Å². The van der Waals surface area contributed by atoms with Crippen molar-refractivity contribution in [3.63, 3.8) is 0 Å². The first-order valence-electron chi connectivity index (χ1n) is 5.97. The van der Waals surface area contributed by atoms with Crippen LogP contribution in [0.5, 0.6) is 0 Å². The molecule has 18 heavy (non-hydrogen) atoms. The predicted octanol–water partition coefficient (Wildman–Crippen LogP) is 2.29. The normalized spacial score (nSPS) is 10.3. The highest BCUT2D eigenvalue weighted by molar-refractivity contribution is 5.95. The molecule has 0 spiro atoms. The number of rotatable bonds is 4. The van der Waals surface area contributed by atoms with Crippen LogP contribution < -0.4 is 5.43 Å². The van der Waals surface area contributed by atoms with Crippen LogP contribution in [0.2, 0.25) is 0 Å². The number of pyridine rings is 1. The van der Waals surface area contributed by atoms with Crippen LogP contribution in [0.25, 0.3) is 0 Å². The lowest BCUT2D eigenvalue weighted by Gasteiger charge is -2.05. The Bertz CT molecular complexity index is 576. The number of carbonyl (C=O) groups excluding carboxylic acids is 1. The SMILES string of the molecule is CCc1ccc(C(=O)Cn2ccc(=O)cc2)cc1. The molecular formula is C15H15NO2. The average Bonchev–Trinajstić information content (AvgIpc) is 2.41. The van der Waals surface area contributed by atoms with Gasteiger partial charge in [-0.3, -0.25) is 9.59 Å². The summed E-state index contributed by atoms with van der Waals surface area (Å²) in [6.07, 6.45) is 4.22. The molecule has 2 rings (SSSR count). The zero-order chi connectivity index (χ0) is 13.0. The third kappa shape index (κ3) is 2.94. The van der Waals surface area contributed by atoms with Gasteiger partial charge in [-0.15, -0.1) is 0 Å². The molecule has 0 aliphatic heterocycles. The highest BCUT2D eigenvalue weighted by atomic mass is 16.1. The van der Waals surface area contributed by atoms with Crippen molar-refractivity contribution in [3.05, 3.63) is 70.1 Å². The van der Waals surface area contributed by atoms with Crippen molar-refractivity contribution in [2.45, 2.75) is 19.9 Å². The number of benzene rings is 1. The molecule has 0 unspecified atom stereocenters. The number of Topliss-reactive ketones (excluding diaryl/α,β-unsaturated/α-hetero) is 1. The maximum Gasteiger partial charge on any atom is 0.182 e. The van der Waals surface area contributed by atoms with Gasteiger partial charge in [-0.1, -0.05) is 31.2 Å². The Morgan fingerprint density at radius 1 is 1.06 bits per heavy atom. The maximum absolute atomic E-state index is 12.0. The van der Waals surface area contributed by atoms with E-state index in [1.54, 1.807) is 17.0 Å². The lowest BCUT2D eigenvalue weighted by molar-refractivity contribution is 0.0972. The number of carbonyl (C=O) groups is 1. The summed E-state index contributed by atoms with van der Waals surface area (Å²) in [7, 11) is 0. The topological polar surface area (TPSA) is 39.1 Å². The molecule has 0 amide bonds. The van der Waals surface area contributed by atoms with Crippen LogP contribution in [0, 0.1) is 0 Å². The monoisotopic (exact) mass is 241 g/mol. The van der Waals surface area contributed by atoms with E-state index in [0.29, 0.717) is 5.56 Å². The predicted molar refractivity (Wildman–Crippen MR) is 70.9 cm³/mol. The van der Waals surface area contributed by atoms with Crippen LogP contribution in [-0.2, 0) is 13.0 Å². The molecule has 0 N–H and O–H groups in total. The van der Waals surface area contributed by atoms with Gasteiger partial charge in [0.1, 0.15) is 0 Å². The Hall–Kier alpha value is -2.16. The Morgan fingerprint density at radius 3 is 2.22 bits per heavy atom. The van der Waals surface area contributed by atoms with E-state index < -0.39 is 0 Å². The molecule has 2 aromatic rings. The molecule has 0 atom stereocenters. The van der Waals surface area contributed by atoms with Crippen LogP contribution in [0.1, 0.15) is 22.8 Å². The van der Waals surface area contributed by atoms with Crippen LogP contribution in [-0.4, -0.2) is 10.4 Å². The second-order valence-corrected chi connectivity index (χ2v) is 4.18. The van der Waals surface area contributed by atoms with E-state index in [1.807, 2.05) is 24.3 Å². The molecule has 3 nitrogen and oxygen atoms in total. The van der Waals surface area contributed by atoms with Gasteiger partial charge in [0.2, 0.25) is 0 Å². The first kappa shape index (κ1) is 12.3. The lowest BCUT2D eigenvalue weighted by Crippen LogP contribution is -2.12. The maximum atomic E-state index is 12.0. The molecule has 1 aromatic heterocycles. The van der Waals surface area contributed by atoms with Gasteiger partial charge in [-0.2, -0.15) is 0 Å². The van der Waals surface area contributed by atoms with E-state index >= 15 is 0 Å². The molecule has 0 aliphatic rings. The quantitative estimate of drug-likeness (QED) is 0.770. The van der Waals surface area contributed by atoms with E-state index in [2.05, 4.69) is 6.92 Å². The zero-order valence-electron chi connectivity index (χ0n) is 10.3. The fraction of sp³-hybridized carbons (Fsp3) is 0.200.